The van der Waals surface area contributed by atoms with E-state index < -0.39 is 11.7 Å². The quantitative estimate of drug-likeness (QED) is 0.637. The van der Waals surface area contributed by atoms with E-state index in [1.54, 1.807) is 45.0 Å². The molecule has 0 saturated heterocycles. The summed E-state index contributed by atoms with van der Waals surface area (Å²) in [7, 11) is 1.53. The molecule has 0 atom stereocenters. The fraction of sp³-hybridized carbons (Fsp3) is 0.471. The van der Waals surface area contributed by atoms with E-state index in [-0.39, 0.29) is 31.4 Å². The highest BCUT2D eigenvalue weighted by atomic mass is 16.6. The van der Waals surface area contributed by atoms with Crippen molar-refractivity contribution in [2.45, 2.75) is 26.4 Å². The zero-order chi connectivity index (χ0) is 18.9. The lowest BCUT2D eigenvalue weighted by Gasteiger charge is -2.19. The normalized spacial score (nSPS) is 10.6. The Morgan fingerprint density at radius 3 is 2.36 bits per heavy atom. The summed E-state index contributed by atoms with van der Waals surface area (Å²) in [5.41, 5.74) is -0.150. The van der Waals surface area contributed by atoms with Crippen molar-refractivity contribution >= 4 is 17.9 Å². The SMILES string of the molecule is COc1cccc(C(=O)NCCNC(=O)CNC(=O)OC(C)(C)C)c1. The smallest absolute Gasteiger partial charge is 0.408 e. The van der Waals surface area contributed by atoms with Crippen LogP contribution in [0.15, 0.2) is 24.3 Å². The van der Waals surface area contributed by atoms with E-state index >= 15 is 0 Å². The molecular formula is C17H25N3O5. The van der Waals surface area contributed by atoms with Gasteiger partial charge in [0.2, 0.25) is 5.91 Å². The molecule has 3 amide bonds. The number of carbonyl (C=O) groups excluding carboxylic acids is 3. The molecule has 1 aromatic carbocycles. The number of hydrogen-bond acceptors (Lipinski definition) is 5. The van der Waals surface area contributed by atoms with E-state index in [0.717, 1.165) is 0 Å². The number of alkyl carbamates (subject to hydrolysis) is 1. The predicted molar refractivity (Wildman–Crippen MR) is 92.6 cm³/mol. The summed E-state index contributed by atoms with van der Waals surface area (Å²) >= 11 is 0. The second-order valence-corrected chi connectivity index (χ2v) is 6.19. The maximum absolute atomic E-state index is 12.0. The van der Waals surface area contributed by atoms with Gasteiger partial charge < -0.3 is 25.4 Å². The zero-order valence-electron chi connectivity index (χ0n) is 15.0. The second kappa shape index (κ2) is 9.51. The molecule has 0 bridgehead atoms. The van der Waals surface area contributed by atoms with E-state index in [1.807, 2.05) is 0 Å². The molecule has 0 fully saturated rings. The molecule has 138 valence electrons. The fourth-order valence-corrected chi connectivity index (χ4v) is 1.77. The van der Waals surface area contributed by atoms with Gasteiger partial charge in [0.15, 0.2) is 0 Å². The van der Waals surface area contributed by atoms with Gasteiger partial charge in [0, 0.05) is 18.7 Å². The first-order valence-electron chi connectivity index (χ1n) is 7.87. The molecule has 0 aliphatic heterocycles. The summed E-state index contributed by atoms with van der Waals surface area (Å²) < 4.78 is 10.1. The molecule has 0 aliphatic carbocycles. The first-order chi connectivity index (χ1) is 11.7. The van der Waals surface area contributed by atoms with Gasteiger partial charge in [-0.3, -0.25) is 9.59 Å². The van der Waals surface area contributed by atoms with Crippen LogP contribution in [0.2, 0.25) is 0 Å². The Morgan fingerprint density at radius 1 is 1.04 bits per heavy atom. The van der Waals surface area contributed by atoms with E-state index in [4.69, 9.17) is 9.47 Å². The summed E-state index contributed by atoms with van der Waals surface area (Å²) in [5, 5.41) is 7.61. The standard InChI is InChI=1S/C17H25N3O5/c1-17(2,3)25-16(23)20-11-14(21)18-8-9-19-15(22)12-6-5-7-13(10-12)24-4/h5-7,10H,8-9,11H2,1-4H3,(H,18,21)(H,19,22)(H,20,23). The minimum absolute atomic E-state index is 0.196. The molecule has 0 heterocycles. The number of carbonyl (C=O) groups is 3. The van der Waals surface area contributed by atoms with Crippen LogP contribution in [-0.4, -0.2) is 50.3 Å². The molecule has 25 heavy (non-hydrogen) atoms. The number of methoxy groups -OCH3 is 1. The van der Waals surface area contributed by atoms with Crippen molar-refractivity contribution < 1.29 is 23.9 Å². The first kappa shape index (κ1) is 20.3. The number of hydrogen-bond donors (Lipinski definition) is 3. The highest BCUT2D eigenvalue weighted by Crippen LogP contribution is 2.12. The largest absolute Gasteiger partial charge is 0.497 e. The van der Waals surface area contributed by atoms with Gasteiger partial charge in [-0.15, -0.1) is 0 Å². The molecule has 1 aromatic rings. The highest BCUT2D eigenvalue weighted by Gasteiger charge is 2.16. The van der Waals surface area contributed by atoms with E-state index in [2.05, 4.69) is 16.0 Å². The number of benzene rings is 1. The highest BCUT2D eigenvalue weighted by molar-refractivity contribution is 5.94. The molecule has 0 saturated carbocycles. The van der Waals surface area contributed by atoms with Crippen molar-refractivity contribution in [3.05, 3.63) is 29.8 Å². The molecule has 0 aliphatic rings. The third-order valence-corrected chi connectivity index (χ3v) is 2.86. The summed E-state index contributed by atoms with van der Waals surface area (Å²) in [6, 6.07) is 6.76. The van der Waals surface area contributed by atoms with Gasteiger partial charge in [-0.25, -0.2) is 4.79 Å². The van der Waals surface area contributed by atoms with Gasteiger partial charge in [0.25, 0.3) is 5.91 Å². The maximum atomic E-state index is 12.0. The zero-order valence-corrected chi connectivity index (χ0v) is 15.0. The van der Waals surface area contributed by atoms with Crippen molar-refractivity contribution in [3.63, 3.8) is 0 Å². The van der Waals surface area contributed by atoms with Gasteiger partial charge >= 0.3 is 6.09 Å². The molecule has 1 rings (SSSR count). The Hall–Kier alpha value is -2.77. The van der Waals surface area contributed by atoms with Crippen LogP contribution >= 0.6 is 0 Å². The monoisotopic (exact) mass is 351 g/mol. The van der Waals surface area contributed by atoms with Crippen LogP contribution in [0.5, 0.6) is 5.75 Å². The summed E-state index contributed by atoms with van der Waals surface area (Å²) in [4.78, 5) is 35.0. The van der Waals surface area contributed by atoms with Crippen LogP contribution in [0.3, 0.4) is 0 Å². The van der Waals surface area contributed by atoms with E-state index in [1.165, 1.54) is 7.11 Å². The van der Waals surface area contributed by atoms with Gasteiger partial charge in [0.05, 0.1) is 13.7 Å². The van der Waals surface area contributed by atoms with Crippen molar-refractivity contribution in [1.29, 1.82) is 0 Å². The minimum atomic E-state index is -0.658. The summed E-state index contributed by atoms with van der Waals surface area (Å²) in [6.45, 7) is 5.50. The Bertz CT molecular complexity index is 611. The number of ether oxygens (including phenoxy) is 2. The Morgan fingerprint density at radius 2 is 1.72 bits per heavy atom. The molecule has 0 unspecified atom stereocenters. The van der Waals surface area contributed by atoms with Gasteiger partial charge in [-0.1, -0.05) is 6.07 Å². The molecule has 0 aromatic heterocycles. The second-order valence-electron chi connectivity index (χ2n) is 6.19. The minimum Gasteiger partial charge on any atom is -0.497 e. The third kappa shape index (κ3) is 8.59. The fourth-order valence-electron chi connectivity index (χ4n) is 1.77. The molecule has 8 heteroatoms. The average Bonchev–Trinajstić information content (AvgIpc) is 2.55. The lowest BCUT2D eigenvalue weighted by molar-refractivity contribution is -0.120. The van der Waals surface area contributed by atoms with Crippen LogP contribution in [0.25, 0.3) is 0 Å². The van der Waals surface area contributed by atoms with Crippen LogP contribution in [0.4, 0.5) is 4.79 Å². The number of amides is 3. The van der Waals surface area contributed by atoms with Gasteiger partial charge in [-0.05, 0) is 39.0 Å². The molecule has 0 radical (unpaired) electrons. The van der Waals surface area contributed by atoms with Crippen LogP contribution in [-0.2, 0) is 9.53 Å². The maximum Gasteiger partial charge on any atom is 0.408 e. The van der Waals surface area contributed by atoms with Crippen LogP contribution < -0.4 is 20.7 Å². The first-order valence-corrected chi connectivity index (χ1v) is 7.87. The summed E-state index contributed by atoms with van der Waals surface area (Å²) in [6.07, 6.45) is -0.658. The lowest BCUT2D eigenvalue weighted by atomic mass is 10.2. The number of rotatable bonds is 7. The molecule has 3 N–H and O–H groups in total. The van der Waals surface area contributed by atoms with Crippen LogP contribution in [0, 0.1) is 0 Å². The van der Waals surface area contributed by atoms with Crippen LogP contribution in [0.1, 0.15) is 31.1 Å². The van der Waals surface area contributed by atoms with Gasteiger partial charge in [0.1, 0.15) is 11.4 Å². The Kier molecular flexibility index (Phi) is 7.71. The Labute approximate surface area is 147 Å². The third-order valence-electron chi connectivity index (χ3n) is 2.86. The van der Waals surface area contributed by atoms with Crippen molar-refractivity contribution in [2.24, 2.45) is 0 Å². The topological polar surface area (TPSA) is 106 Å². The van der Waals surface area contributed by atoms with E-state index in [9.17, 15) is 14.4 Å². The predicted octanol–water partition coefficient (Wildman–Crippen LogP) is 1.07. The molecule has 0 spiro atoms. The lowest BCUT2D eigenvalue weighted by Crippen LogP contribution is -2.42. The van der Waals surface area contributed by atoms with Crippen molar-refractivity contribution in [2.75, 3.05) is 26.7 Å². The summed E-state index contributed by atoms with van der Waals surface area (Å²) in [5.74, 6) is -0.0457. The number of nitrogens with one attached hydrogen (secondary N) is 3. The van der Waals surface area contributed by atoms with Crippen molar-refractivity contribution in [1.82, 2.24) is 16.0 Å². The van der Waals surface area contributed by atoms with E-state index in [0.29, 0.717) is 11.3 Å². The van der Waals surface area contributed by atoms with Gasteiger partial charge in [-0.2, -0.15) is 0 Å². The average molecular weight is 351 g/mol. The van der Waals surface area contributed by atoms with Crippen molar-refractivity contribution in [3.8, 4) is 5.75 Å². The Balaban J connectivity index is 2.23. The molecular weight excluding hydrogens is 326 g/mol. The molecule has 8 nitrogen and oxygen atoms in total.